The quantitative estimate of drug-likeness (QED) is 0.837. The van der Waals surface area contributed by atoms with Crippen LogP contribution in [0, 0.1) is 6.92 Å². The Morgan fingerprint density at radius 1 is 1.19 bits per heavy atom. The molecular weight excluding hydrogens is 200 g/mol. The van der Waals surface area contributed by atoms with Crippen LogP contribution in [0.1, 0.15) is 25.5 Å². The van der Waals surface area contributed by atoms with Crippen molar-refractivity contribution in [1.82, 2.24) is 9.78 Å². The second kappa shape index (κ2) is 4.00. The van der Waals surface area contributed by atoms with Gasteiger partial charge in [-0.3, -0.25) is 4.68 Å². The van der Waals surface area contributed by atoms with Crippen LogP contribution in [0.2, 0.25) is 0 Å². The Hall–Kier alpha value is -1.77. The molecule has 0 saturated heterocycles. The van der Waals surface area contributed by atoms with Gasteiger partial charge in [0.05, 0.1) is 5.69 Å². The molecule has 16 heavy (non-hydrogen) atoms. The van der Waals surface area contributed by atoms with Crippen LogP contribution in [0.5, 0.6) is 5.88 Å². The molecule has 0 aliphatic carbocycles. The van der Waals surface area contributed by atoms with E-state index in [1.165, 1.54) is 0 Å². The van der Waals surface area contributed by atoms with Crippen molar-refractivity contribution in [2.45, 2.75) is 26.8 Å². The minimum Gasteiger partial charge on any atom is -0.492 e. The zero-order chi connectivity index (χ0) is 11.7. The van der Waals surface area contributed by atoms with Crippen LogP contribution in [0.4, 0.5) is 0 Å². The van der Waals surface area contributed by atoms with Crippen molar-refractivity contribution in [1.29, 1.82) is 0 Å². The molecule has 0 aliphatic heterocycles. The topological polar surface area (TPSA) is 38.1 Å². The Bertz CT molecular complexity index is 486. The van der Waals surface area contributed by atoms with Gasteiger partial charge in [-0.25, -0.2) is 0 Å². The lowest BCUT2D eigenvalue weighted by atomic mass is 10.1. The van der Waals surface area contributed by atoms with E-state index in [0.717, 1.165) is 16.8 Å². The summed E-state index contributed by atoms with van der Waals surface area (Å²) >= 11 is 0. The van der Waals surface area contributed by atoms with Crippen LogP contribution in [0.3, 0.4) is 0 Å². The third-order valence-corrected chi connectivity index (χ3v) is 2.66. The minimum atomic E-state index is 0.118. The average molecular weight is 216 g/mol. The van der Waals surface area contributed by atoms with Gasteiger partial charge in [0.25, 0.3) is 0 Å². The fourth-order valence-corrected chi connectivity index (χ4v) is 1.82. The van der Waals surface area contributed by atoms with Crippen LogP contribution in [-0.2, 0) is 0 Å². The van der Waals surface area contributed by atoms with E-state index in [1.807, 2.05) is 41.9 Å². The second-order valence-corrected chi connectivity index (χ2v) is 4.20. The number of aromatic nitrogens is 2. The summed E-state index contributed by atoms with van der Waals surface area (Å²) in [5.74, 6) is 0.118. The molecule has 0 amide bonds. The van der Waals surface area contributed by atoms with Crippen LogP contribution >= 0.6 is 0 Å². The van der Waals surface area contributed by atoms with E-state index in [-0.39, 0.29) is 11.9 Å². The highest BCUT2D eigenvalue weighted by Gasteiger charge is 2.16. The van der Waals surface area contributed by atoms with Gasteiger partial charge >= 0.3 is 0 Å². The first-order valence-corrected chi connectivity index (χ1v) is 5.44. The fraction of sp³-hybridized carbons (Fsp3) is 0.308. The molecule has 0 radical (unpaired) electrons. The van der Waals surface area contributed by atoms with E-state index in [1.54, 1.807) is 0 Å². The molecule has 2 aromatic rings. The Labute approximate surface area is 95.3 Å². The van der Waals surface area contributed by atoms with Crippen molar-refractivity contribution in [3.63, 3.8) is 0 Å². The number of nitrogens with zero attached hydrogens (tertiary/aromatic N) is 2. The fourth-order valence-electron chi connectivity index (χ4n) is 1.82. The van der Waals surface area contributed by atoms with Gasteiger partial charge in [-0.15, -0.1) is 5.10 Å². The predicted molar refractivity (Wildman–Crippen MR) is 64.4 cm³/mol. The number of hydrogen-bond donors (Lipinski definition) is 1. The van der Waals surface area contributed by atoms with Gasteiger partial charge < -0.3 is 5.11 Å². The van der Waals surface area contributed by atoms with Gasteiger partial charge in [0.15, 0.2) is 0 Å². The molecule has 2 rings (SSSR count). The van der Waals surface area contributed by atoms with E-state index in [9.17, 15) is 5.11 Å². The first-order valence-electron chi connectivity index (χ1n) is 5.44. The molecule has 1 N–H and O–H groups in total. The normalized spacial score (nSPS) is 11.0. The highest BCUT2D eigenvalue weighted by molar-refractivity contribution is 5.65. The van der Waals surface area contributed by atoms with Crippen molar-refractivity contribution >= 4 is 0 Å². The highest BCUT2D eigenvalue weighted by Crippen LogP contribution is 2.31. The molecule has 0 bridgehead atoms. The van der Waals surface area contributed by atoms with E-state index in [4.69, 9.17) is 0 Å². The summed E-state index contributed by atoms with van der Waals surface area (Å²) in [7, 11) is 0. The second-order valence-electron chi connectivity index (χ2n) is 4.20. The molecule has 0 saturated carbocycles. The van der Waals surface area contributed by atoms with Crippen LogP contribution in [0.15, 0.2) is 30.3 Å². The lowest BCUT2D eigenvalue weighted by Crippen LogP contribution is -2.04. The van der Waals surface area contributed by atoms with E-state index < -0.39 is 0 Å². The maximum atomic E-state index is 9.70. The zero-order valence-corrected chi connectivity index (χ0v) is 9.81. The predicted octanol–water partition coefficient (Wildman–Crippen LogP) is 3.15. The Morgan fingerprint density at radius 2 is 1.81 bits per heavy atom. The van der Waals surface area contributed by atoms with Crippen LogP contribution in [0.25, 0.3) is 11.3 Å². The summed E-state index contributed by atoms with van der Waals surface area (Å²) in [4.78, 5) is 0. The number of hydrogen-bond acceptors (Lipinski definition) is 2. The molecular formula is C13H16N2O. The smallest absolute Gasteiger partial charge is 0.233 e. The van der Waals surface area contributed by atoms with Crippen molar-refractivity contribution in [2.75, 3.05) is 0 Å². The first-order chi connectivity index (χ1) is 7.61. The molecule has 84 valence electrons. The monoisotopic (exact) mass is 216 g/mol. The van der Waals surface area contributed by atoms with Crippen LogP contribution < -0.4 is 0 Å². The standard InChI is InChI=1S/C13H16N2O/c1-9(2)15-12(10(3)13(16)14-15)11-7-5-4-6-8-11/h4-9H,1-3H3,(H,14,16). The zero-order valence-electron chi connectivity index (χ0n) is 9.81. The molecule has 1 aromatic carbocycles. The molecule has 0 fully saturated rings. The third-order valence-electron chi connectivity index (χ3n) is 2.66. The summed E-state index contributed by atoms with van der Waals surface area (Å²) in [5.41, 5.74) is 2.91. The lowest BCUT2D eigenvalue weighted by Gasteiger charge is -2.11. The molecule has 0 unspecified atom stereocenters. The molecule has 0 spiro atoms. The molecule has 1 aromatic heterocycles. The van der Waals surface area contributed by atoms with Gasteiger partial charge in [-0.1, -0.05) is 30.3 Å². The maximum Gasteiger partial charge on any atom is 0.233 e. The summed E-state index contributed by atoms with van der Waals surface area (Å²) in [6.45, 7) is 6.00. The van der Waals surface area contributed by atoms with Crippen molar-refractivity contribution in [2.24, 2.45) is 0 Å². The van der Waals surface area contributed by atoms with E-state index in [0.29, 0.717) is 0 Å². The summed E-state index contributed by atoms with van der Waals surface area (Å²) < 4.78 is 1.86. The summed E-state index contributed by atoms with van der Waals surface area (Å²) in [6.07, 6.45) is 0. The Kier molecular flexibility index (Phi) is 2.69. The summed E-state index contributed by atoms with van der Waals surface area (Å²) in [5, 5.41) is 13.9. The van der Waals surface area contributed by atoms with Crippen molar-refractivity contribution < 1.29 is 5.11 Å². The maximum absolute atomic E-state index is 9.70. The van der Waals surface area contributed by atoms with Crippen molar-refractivity contribution in [3.05, 3.63) is 35.9 Å². The van der Waals surface area contributed by atoms with Crippen LogP contribution in [-0.4, -0.2) is 14.9 Å². The first kappa shape index (κ1) is 10.7. The van der Waals surface area contributed by atoms with E-state index >= 15 is 0 Å². The number of benzene rings is 1. The number of rotatable bonds is 2. The Morgan fingerprint density at radius 3 is 2.38 bits per heavy atom. The lowest BCUT2D eigenvalue weighted by molar-refractivity contribution is 0.425. The Balaban J connectivity index is 2.64. The number of aromatic hydroxyl groups is 1. The minimum absolute atomic E-state index is 0.118. The third kappa shape index (κ3) is 1.69. The molecule has 3 nitrogen and oxygen atoms in total. The molecule has 0 aliphatic rings. The van der Waals surface area contributed by atoms with Gasteiger partial charge in [-0.2, -0.15) is 0 Å². The average Bonchev–Trinajstić information content (AvgIpc) is 2.57. The highest BCUT2D eigenvalue weighted by atomic mass is 16.3. The van der Waals surface area contributed by atoms with E-state index in [2.05, 4.69) is 18.9 Å². The largest absolute Gasteiger partial charge is 0.492 e. The molecule has 1 heterocycles. The van der Waals surface area contributed by atoms with Gasteiger partial charge in [0.1, 0.15) is 0 Å². The SMILES string of the molecule is Cc1c(O)nn(C(C)C)c1-c1ccccc1. The molecule has 0 atom stereocenters. The molecule has 3 heteroatoms. The van der Waals surface area contributed by atoms with Gasteiger partial charge in [0.2, 0.25) is 5.88 Å². The van der Waals surface area contributed by atoms with Gasteiger partial charge in [0, 0.05) is 17.2 Å². The van der Waals surface area contributed by atoms with Crippen molar-refractivity contribution in [3.8, 4) is 17.1 Å². The summed E-state index contributed by atoms with van der Waals surface area (Å²) in [6, 6.07) is 10.3. The van der Waals surface area contributed by atoms with Gasteiger partial charge in [-0.05, 0) is 20.8 Å².